The molecule has 0 aromatic rings. The third-order valence-corrected chi connectivity index (χ3v) is 2.09. The zero-order chi connectivity index (χ0) is 12.9. The third-order valence-electron chi connectivity index (χ3n) is 2.09. The maximum atomic E-state index is 11.5. The number of carbonyl (C=O) groups is 2. The van der Waals surface area contributed by atoms with Crippen molar-refractivity contribution in [3.63, 3.8) is 0 Å². The summed E-state index contributed by atoms with van der Waals surface area (Å²) in [7, 11) is 0. The summed E-state index contributed by atoms with van der Waals surface area (Å²) in [5.74, 6) is -1.30. The number of amides is 1. The van der Waals surface area contributed by atoms with Gasteiger partial charge in [0.2, 0.25) is 5.91 Å². The molecule has 0 heterocycles. The average molecular weight is 230 g/mol. The van der Waals surface area contributed by atoms with Crippen LogP contribution in [0.25, 0.3) is 0 Å². The Morgan fingerprint density at radius 3 is 2.06 bits per heavy atom. The number of nitrogens with one attached hydrogen (secondary N) is 2. The first kappa shape index (κ1) is 14.9. The van der Waals surface area contributed by atoms with Crippen LogP contribution in [-0.4, -0.2) is 35.6 Å². The van der Waals surface area contributed by atoms with Gasteiger partial charge in [0, 0.05) is 6.04 Å². The second kappa shape index (κ2) is 5.84. The Labute approximate surface area is 96.6 Å². The van der Waals surface area contributed by atoms with Crippen molar-refractivity contribution in [1.82, 2.24) is 10.6 Å². The fourth-order valence-corrected chi connectivity index (χ4v) is 1.16. The highest BCUT2D eigenvalue weighted by atomic mass is 16.4. The first-order chi connectivity index (χ1) is 7.14. The average Bonchev–Trinajstić information content (AvgIpc) is 2.08. The van der Waals surface area contributed by atoms with Crippen molar-refractivity contribution in [1.29, 1.82) is 0 Å². The molecule has 1 amide bonds. The molecular formula is C11H22N2O3. The highest BCUT2D eigenvalue weighted by Crippen LogP contribution is 2.19. The second-order valence-electron chi connectivity index (χ2n) is 5.24. The van der Waals surface area contributed by atoms with Crippen molar-refractivity contribution >= 4 is 11.9 Å². The molecule has 0 saturated carbocycles. The van der Waals surface area contributed by atoms with E-state index in [0.717, 1.165) is 0 Å². The van der Waals surface area contributed by atoms with Crippen LogP contribution in [-0.2, 0) is 9.59 Å². The van der Waals surface area contributed by atoms with Gasteiger partial charge in [-0.15, -0.1) is 0 Å². The normalized spacial score (nSPS) is 13.6. The standard InChI is InChI=1S/C11H22N2O3/c1-7(2)12-6-8(14)13-9(10(15)16)11(3,4)5/h7,9,12H,6H2,1-5H3,(H,13,14)(H,15,16)/t9-/m0/s1. The minimum Gasteiger partial charge on any atom is -0.480 e. The van der Waals surface area contributed by atoms with Crippen molar-refractivity contribution in [2.24, 2.45) is 5.41 Å². The van der Waals surface area contributed by atoms with Gasteiger partial charge in [-0.1, -0.05) is 34.6 Å². The van der Waals surface area contributed by atoms with Crippen molar-refractivity contribution < 1.29 is 14.7 Å². The van der Waals surface area contributed by atoms with Gasteiger partial charge in [-0.05, 0) is 5.41 Å². The first-order valence-corrected chi connectivity index (χ1v) is 5.40. The summed E-state index contributed by atoms with van der Waals surface area (Å²) >= 11 is 0. The van der Waals surface area contributed by atoms with E-state index in [1.807, 2.05) is 13.8 Å². The first-order valence-electron chi connectivity index (χ1n) is 5.40. The van der Waals surface area contributed by atoms with Crippen LogP contribution in [0.2, 0.25) is 0 Å². The van der Waals surface area contributed by atoms with E-state index in [-0.39, 0.29) is 18.5 Å². The van der Waals surface area contributed by atoms with Crippen molar-refractivity contribution in [3.8, 4) is 0 Å². The maximum absolute atomic E-state index is 11.5. The number of hydrogen-bond acceptors (Lipinski definition) is 3. The molecular weight excluding hydrogens is 208 g/mol. The molecule has 0 aliphatic heterocycles. The molecule has 0 bridgehead atoms. The smallest absolute Gasteiger partial charge is 0.326 e. The molecule has 0 aliphatic carbocycles. The molecule has 0 unspecified atom stereocenters. The van der Waals surface area contributed by atoms with Crippen LogP contribution < -0.4 is 10.6 Å². The van der Waals surface area contributed by atoms with Crippen LogP contribution in [0.4, 0.5) is 0 Å². The lowest BCUT2D eigenvalue weighted by molar-refractivity contribution is -0.144. The molecule has 0 fully saturated rings. The Kier molecular flexibility index (Phi) is 5.44. The Morgan fingerprint density at radius 2 is 1.75 bits per heavy atom. The van der Waals surface area contributed by atoms with Crippen LogP contribution >= 0.6 is 0 Å². The van der Waals surface area contributed by atoms with Crippen molar-refractivity contribution in [2.45, 2.75) is 46.7 Å². The van der Waals surface area contributed by atoms with Crippen molar-refractivity contribution in [2.75, 3.05) is 6.54 Å². The number of rotatable bonds is 5. The van der Waals surface area contributed by atoms with Gasteiger partial charge >= 0.3 is 5.97 Å². The minimum absolute atomic E-state index is 0.136. The lowest BCUT2D eigenvalue weighted by Gasteiger charge is -2.27. The molecule has 0 radical (unpaired) electrons. The largest absolute Gasteiger partial charge is 0.480 e. The number of hydrogen-bond donors (Lipinski definition) is 3. The van der Waals surface area contributed by atoms with Crippen LogP contribution in [0.1, 0.15) is 34.6 Å². The van der Waals surface area contributed by atoms with Crippen LogP contribution in [0.5, 0.6) is 0 Å². The Balaban J connectivity index is 4.32. The molecule has 94 valence electrons. The van der Waals surface area contributed by atoms with Gasteiger partial charge in [0.05, 0.1) is 6.54 Å². The summed E-state index contributed by atoms with van der Waals surface area (Å²) in [6, 6.07) is -0.669. The minimum atomic E-state index is -1.01. The number of carbonyl (C=O) groups excluding carboxylic acids is 1. The zero-order valence-corrected chi connectivity index (χ0v) is 10.6. The van der Waals surface area contributed by atoms with E-state index < -0.39 is 17.4 Å². The van der Waals surface area contributed by atoms with Gasteiger partial charge < -0.3 is 15.7 Å². The predicted molar refractivity (Wildman–Crippen MR) is 62.2 cm³/mol. The number of aliphatic carboxylic acids is 1. The number of carboxylic acids is 1. The Morgan fingerprint density at radius 1 is 1.25 bits per heavy atom. The van der Waals surface area contributed by atoms with Crippen LogP contribution in [0.15, 0.2) is 0 Å². The highest BCUT2D eigenvalue weighted by Gasteiger charge is 2.32. The molecule has 0 saturated heterocycles. The summed E-state index contributed by atoms with van der Waals surface area (Å²) in [6.07, 6.45) is 0. The fraction of sp³-hybridized carbons (Fsp3) is 0.818. The van der Waals surface area contributed by atoms with E-state index in [4.69, 9.17) is 5.11 Å². The summed E-state index contributed by atoms with van der Waals surface area (Å²) in [5, 5.41) is 14.4. The fourth-order valence-electron chi connectivity index (χ4n) is 1.16. The lowest BCUT2D eigenvalue weighted by atomic mass is 9.87. The molecule has 3 N–H and O–H groups in total. The van der Waals surface area contributed by atoms with E-state index in [2.05, 4.69) is 10.6 Å². The molecule has 5 nitrogen and oxygen atoms in total. The predicted octanol–water partition coefficient (Wildman–Crippen LogP) is 0.600. The van der Waals surface area contributed by atoms with Gasteiger partial charge in [0.15, 0.2) is 0 Å². The molecule has 5 heteroatoms. The summed E-state index contributed by atoms with van der Waals surface area (Å²) in [6.45, 7) is 9.32. The number of carboxylic acid groups (broad SMARTS) is 1. The van der Waals surface area contributed by atoms with E-state index >= 15 is 0 Å². The SMILES string of the molecule is CC(C)NCC(=O)N[C@@H](C(=O)O)C(C)(C)C. The zero-order valence-electron chi connectivity index (χ0n) is 10.6. The quantitative estimate of drug-likeness (QED) is 0.646. The highest BCUT2D eigenvalue weighted by molar-refractivity contribution is 5.85. The third kappa shape index (κ3) is 5.70. The molecule has 0 aromatic heterocycles. The van der Waals surface area contributed by atoms with E-state index in [0.29, 0.717) is 0 Å². The Bertz CT molecular complexity index is 256. The molecule has 0 aliphatic rings. The molecule has 0 spiro atoms. The second-order valence-corrected chi connectivity index (χ2v) is 5.24. The maximum Gasteiger partial charge on any atom is 0.326 e. The van der Waals surface area contributed by atoms with E-state index in [9.17, 15) is 9.59 Å². The monoisotopic (exact) mass is 230 g/mol. The van der Waals surface area contributed by atoms with Gasteiger partial charge in [-0.3, -0.25) is 4.79 Å². The molecule has 16 heavy (non-hydrogen) atoms. The topological polar surface area (TPSA) is 78.4 Å². The molecule has 0 aromatic carbocycles. The molecule has 0 rings (SSSR count). The van der Waals surface area contributed by atoms with Gasteiger partial charge in [0.25, 0.3) is 0 Å². The van der Waals surface area contributed by atoms with Gasteiger partial charge in [0.1, 0.15) is 6.04 Å². The van der Waals surface area contributed by atoms with Crippen LogP contribution in [0, 0.1) is 5.41 Å². The van der Waals surface area contributed by atoms with Gasteiger partial charge in [-0.25, -0.2) is 4.79 Å². The Hall–Kier alpha value is -1.10. The summed E-state index contributed by atoms with van der Waals surface area (Å²) < 4.78 is 0. The summed E-state index contributed by atoms with van der Waals surface area (Å²) in [4.78, 5) is 22.5. The van der Waals surface area contributed by atoms with Crippen molar-refractivity contribution in [3.05, 3.63) is 0 Å². The lowest BCUT2D eigenvalue weighted by Crippen LogP contribution is -2.51. The van der Waals surface area contributed by atoms with Crippen LogP contribution in [0.3, 0.4) is 0 Å². The summed E-state index contributed by atoms with van der Waals surface area (Å²) in [5.41, 5.74) is -0.501. The van der Waals surface area contributed by atoms with Gasteiger partial charge in [-0.2, -0.15) is 0 Å². The molecule has 1 atom stereocenters. The van der Waals surface area contributed by atoms with E-state index in [1.54, 1.807) is 20.8 Å². The van der Waals surface area contributed by atoms with E-state index in [1.165, 1.54) is 0 Å².